The van der Waals surface area contributed by atoms with Gasteiger partial charge in [0.1, 0.15) is 11.5 Å². The summed E-state index contributed by atoms with van der Waals surface area (Å²) in [6.07, 6.45) is 0. The highest BCUT2D eigenvalue weighted by Gasteiger charge is 2.27. The Morgan fingerprint density at radius 1 is 1.41 bits per heavy atom. The Kier molecular flexibility index (Phi) is 3.84. The van der Waals surface area contributed by atoms with Gasteiger partial charge in [-0.3, -0.25) is 4.79 Å². The molecule has 0 aliphatic rings. The van der Waals surface area contributed by atoms with Crippen molar-refractivity contribution in [3.63, 3.8) is 0 Å². The van der Waals surface area contributed by atoms with Crippen molar-refractivity contribution in [2.75, 3.05) is 13.1 Å². The van der Waals surface area contributed by atoms with Crippen molar-refractivity contribution in [3.05, 3.63) is 23.8 Å². The topological polar surface area (TPSA) is 95.6 Å². The minimum Gasteiger partial charge on any atom is -0.508 e. The lowest BCUT2D eigenvalue weighted by Gasteiger charge is -2.14. The number of benzene rings is 1. The molecule has 17 heavy (non-hydrogen) atoms. The van der Waals surface area contributed by atoms with Gasteiger partial charge in [-0.1, -0.05) is 0 Å². The predicted octanol–water partition coefficient (Wildman–Crippen LogP) is 0.422. The zero-order valence-electron chi connectivity index (χ0n) is 8.78. The van der Waals surface area contributed by atoms with Crippen LogP contribution in [0, 0.1) is 0 Å². The molecule has 5 N–H and O–H groups in total. The summed E-state index contributed by atoms with van der Waals surface area (Å²) >= 11 is 0. The number of phenolic OH excluding ortho intramolecular Hbond substituents is 2. The summed E-state index contributed by atoms with van der Waals surface area (Å²) in [6.45, 7) is -1.82. The van der Waals surface area contributed by atoms with Gasteiger partial charge in [-0.25, -0.2) is 8.78 Å². The lowest BCUT2D eigenvalue weighted by Crippen LogP contribution is -2.41. The van der Waals surface area contributed by atoms with Crippen molar-refractivity contribution in [2.45, 2.75) is 5.92 Å². The molecule has 1 amide bonds. The molecular weight excluding hydrogens is 234 g/mol. The van der Waals surface area contributed by atoms with Crippen LogP contribution in [0.1, 0.15) is 10.4 Å². The number of amides is 1. The van der Waals surface area contributed by atoms with Gasteiger partial charge in [-0.15, -0.1) is 0 Å². The van der Waals surface area contributed by atoms with Gasteiger partial charge in [0.15, 0.2) is 0 Å². The van der Waals surface area contributed by atoms with E-state index in [1.807, 2.05) is 5.32 Å². The summed E-state index contributed by atoms with van der Waals surface area (Å²) in [7, 11) is 0. The van der Waals surface area contributed by atoms with Crippen molar-refractivity contribution >= 4 is 5.91 Å². The van der Waals surface area contributed by atoms with Crippen LogP contribution in [0.5, 0.6) is 11.5 Å². The van der Waals surface area contributed by atoms with Crippen molar-refractivity contribution in [1.29, 1.82) is 0 Å². The lowest BCUT2D eigenvalue weighted by molar-refractivity contribution is 0.0118. The first-order valence-corrected chi connectivity index (χ1v) is 4.74. The van der Waals surface area contributed by atoms with E-state index in [9.17, 15) is 18.7 Å². The molecule has 0 aliphatic carbocycles. The number of nitrogens with two attached hydrogens (primary N) is 1. The normalized spacial score (nSPS) is 11.2. The standard InChI is InChI=1S/C10H12F2N2O3/c11-10(12,4-13)5-14-9(17)7-3-6(15)1-2-8(7)16/h1-3,15-16H,4-5,13H2,(H,14,17). The highest BCUT2D eigenvalue weighted by molar-refractivity contribution is 5.97. The van der Waals surface area contributed by atoms with Crippen molar-refractivity contribution in [2.24, 2.45) is 5.73 Å². The van der Waals surface area contributed by atoms with Crippen LogP contribution in [0.3, 0.4) is 0 Å². The Bertz CT molecular complexity index is 424. The quantitative estimate of drug-likeness (QED) is 0.579. The first kappa shape index (κ1) is 13.2. The van der Waals surface area contributed by atoms with Crippen LogP contribution in [0.25, 0.3) is 0 Å². The second-order valence-electron chi connectivity index (χ2n) is 3.44. The number of alkyl halides is 2. The number of hydrogen-bond donors (Lipinski definition) is 4. The van der Waals surface area contributed by atoms with Gasteiger partial charge in [-0.05, 0) is 18.2 Å². The van der Waals surface area contributed by atoms with Gasteiger partial charge in [0.2, 0.25) is 0 Å². The van der Waals surface area contributed by atoms with Crippen LogP contribution < -0.4 is 11.1 Å². The SMILES string of the molecule is NCC(F)(F)CNC(=O)c1cc(O)ccc1O. The van der Waals surface area contributed by atoms with E-state index >= 15 is 0 Å². The molecule has 0 fully saturated rings. The molecule has 0 aliphatic heterocycles. The monoisotopic (exact) mass is 246 g/mol. The lowest BCUT2D eigenvalue weighted by atomic mass is 10.1. The summed E-state index contributed by atoms with van der Waals surface area (Å²) in [5.41, 5.74) is 4.51. The summed E-state index contributed by atoms with van der Waals surface area (Å²) < 4.78 is 25.5. The van der Waals surface area contributed by atoms with Gasteiger partial charge in [0, 0.05) is 0 Å². The van der Waals surface area contributed by atoms with E-state index in [1.54, 1.807) is 0 Å². The Balaban J connectivity index is 2.74. The third-order valence-electron chi connectivity index (χ3n) is 2.03. The number of carbonyl (C=O) groups excluding carboxylic acids is 1. The third kappa shape index (κ3) is 3.56. The van der Waals surface area contributed by atoms with Crippen LogP contribution in [0.4, 0.5) is 8.78 Å². The smallest absolute Gasteiger partial charge is 0.277 e. The molecule has 7 heteroatoms. The molecule has 1 aromatic rings. The maximum Gasteiger partial charge on any atom is 0.277 e. The van der Waals surface area contributed by atoms with E-state index in [0.29, 0.717) is 0 Å². The molecule has 0 bridgehead atoms. The second-order valence-corrected chi connectivity index (χ2v) is 3.44. The zero-order valence-corrected chi connectivity index (χ0v) is 8.78. The summed E-state index contributed by atoms with van der Waals surface area (Å²) in [4.78, 5) is 11.4. The van der Waals surface area contributed by atoms with Crippen LogP contribution >= 0.6 is 0 Å². The zero-order chi connectivity index (χ0) is 13.1. The van der Waals surface area contributed by atoms with E-state index < -0.39 is 30.7 Å². The molecule has 0 heterocycles. The van der Waals surface area contributed by atoms with Crippen molar-refractivity contribution in [1.82, 2.24) is 5.32 Å². The minimum absolute atomic E-state index is 0.251. The Labute approximate surface area is 95.9 Å². The van der Waals surface area contributed by atoms with Crippen molar-refractivity contribution in [3.8, 4) is 11.5 Å². The molecule has 0 saturated carbocycles. The fraction of sp³-hybridized carbons (Fsp3) is 0.300. The van der Waals surface area contributed by atoms with Gasteiger partial charge in [0.05, 0.1) is 18.7 Å². The highest BCUT2D eigenvalue weighted by atomic mass is 19.3. The average Bonchev–Trinajstić information content (AvgIpc) is 2.29. The van der Waals surface area contributed by atoms with E-state index in [2.05, 4.69) is 0 Å². The largest absolute Gasteiger partial charge is 0.508 e. The molecule has 0 aromatic heterocycles. The molecular formula is C10H12F2N2O3. The maximum atomic E-state index is 12.8. The number of rotatable bonds is 4. The van der Waals surface area contributed by atoms with E-state index in [0.717, 1.165) is 12.1 Å². The molecule has 94 valence electrons. The molecule has 5 nitrogen and oxygen atoms in total. The Hall–Kier alpha value is -1.89. The number of nitrogens with one attached hydrogen (secondary N) is 1. The third-order valence-corrected chi connectivity index (χ3v) is 2.03. The summed E-state index contributed by atoms with van der Waals surface area (Å²) in [5, 5.41) is 20.3. The predicted molar refractivity (Wildman–Crippen MR) is 56.1 cm³/mol. The first-order chi connectivity index (χ1) is 7.85. The fourth-order valence-electron chi connectivity index (χ4n) is 1.08. The molecule has 1 aromatic carbocycles. The first-order valence-electron chi connectivity index (χ1n) is 4.74. The van der Waals surface area contributed by atoms with Gasteiger partial charge >= 0.3 is 0 Å². The number of carbonyl (C=O) groups is 1. The molecule has 1 rings (SSSR count). The van der Waals surface area contributed by atoms with E-state index in [4.69, 9.17) is 10.8 Å². The Morgan fingerprint density at radius 2 is 2.06 bits per heavy atom. The van der Waals surface area contributed by atoms with Gasteiger partial charge in [-0.2, -0.15) is 0 Å². The van der Waals surface area contributed by atoms with Gasteiger partial charge < -0.3 is 21.3 Å². The number of halogens is 2. The fourth-order valence-corrected chi connectivity index (χ4v) is 1.08. The average molecular weight is 246 g/mol. The Morgan fingerprint density at radius 3 is 2.65 bits per heavy atom. The number of aromatic hydroxyl groups is 2. The molecule has 0 saturated heterocycles. The minimum atomic E-state index is -3.21. The summed E-state index contributed by atoms with van der Waals surface area (Å²) in [5.74, 6) is -4.77. The van der Waals surface area contributed by atoms with E-state index in [-0.39, 0.29) is 11.3 Å². The van der Waals surface area contributed by atoms with Crippen LogP contribution in [0.2, 0.25) is 0 Å². The molecule has 0 unspecified atom stereocenters. The second kappa shape index (κ2) is 4.96. The van der Waals surface area contributed by atoms with Crippen molar-refractivity contribution < 1.29 is 23.8 Å². The number of phenols is 2. The van der Waals surface area contributed by atoms with Crippen LogP contribution in [-0.2, 0) is 0 Å². The van der Waals surface area contributed by atoms with Gasteiger partial charge in [0.25, 0.3) is 11.8 Å². The number of hydrogen-bond acceptors (Lipinski definition) is 4. The summed E-state index contributed by atoms with van der Waals surface area (Å²) in [6, 6.07) is 3.23. The van der Waals surface area contributed by atoms with Crippen LogP contribution in [-0.4, -0.2) is 35.1 Å². The molecule has 0 spiro atoms. The van der Waals surface area contributed by atoms with Crippen LogP contribution in [0.15, 0.2) is 18.2 Å². The maximum absolute atomic E-state index is 12.8. The molecule has 0 atom stereocenters. The molecule has 0 radical (unpaired) electrons. The highest BCUT2D eigenvalue weighted by Crippen LogP contribution is 2.22. The van der Waals surface area contributed by atoms with E-state index in [1.165, 1.54) is 6.07 Å².